The number of thiazole rings is 1. The van der Waals surface area contributed by atoms with Gasteiger partial charge in [-0.1, -0.05) is 13.3 Å². The lowest BCUT2D eigenvalue weighted by atomic mass is 10.3. The molecule has 0 fully saturated rings. The Labute approximate surface area is 90.5 Å². The van der Waals surface area contributed by atoms with Crippen LogP contribution in [0.1, 0.15) is 30.5 Å². The van der Waals surface area contributed by atoms with Crippen LogP contribution in [0.25, 0.3) is 0 Å². The van der Waals surface area contributed by atoms with Crippen molar-refractivity contribution < 1.29 is 13.2 Å². The number of hydrogen-bond donors (Lipinski definition) is 1. The third-order valence-corrected chi connectivity index (χ3v) is 2.74. The van der Waals surface area contributed by atoms with Crippen molar-refractivity contribution in [3.63, 3.8) is 0 Å². The molecule has 0 atom stereocenters. The molecular weight excluding hydrogens is 225 g/mol. The van der Waals surface area contributed by atoms with E-state index in [9.17, 15) is 13.2 Å². The highest BCUT2D eigenvalue weighted by Crippen LogP contribution is 2.31. The molecule has 1 rings (SSSR count). The van der Waals surface area contributed by atoms with Crippen LogP contribution in [0.2, 0.25) is 0 Å². The van der Waals surface area contributed by atoms with E-state index >= 15 is 0 Å². The van der Waals surface area contributed by atoms with E-state index in [0.717, 1.165) is 19.4 Å². The monoisotopic (exact) mass is 238 g/mol. The molecule has 0 aliphatic rings. The summed E-state index contributed by atoms with van der Waals surface area (Å²) >= 11 is 0.644. The maximum absolute atomic E-state index is 12.2. The number of nitrogens with zero attached hydrogens (tertiary/aromatic N) is 1. The lowest BCUT2D eigenvalue weighted by molar-refractivity contribution is -0.137. The first-order valence-electron chi connectivity index (χ1n) is 4.76. The zero-order valence-electron chi connectivity index (χ0n) is 8.40. The Bertz CT molecular complexity index is 296. The molecule has 0 unspecified atom stereocenters. The summed E-state index contributed by atoms with van der Waals surface area (Å²) in [5.74, 6) is 0. The first-order chi connectivity index (χ1) is 7.04. The number of unbranched alkanes of at least 4 members (excludes halogenated alkanes) is 1. The Hall–Kier alpha value is -0.620. The summed E-state index contributed by atoms with van der Waals surface area (Å²) in [6.45, 7) is 3.29. The second kappa shape index (κ2) is 5.46. The van der Waals surface area contributed by atoms with Gasteiger partial charge in [-0.2, -0.15) is 13.2 Å². The van der Waals surface area contributed by atoms with Crippen LogP contribution in [-0.4, -0.2) is 11.5 Å². The fourth-order valence-electron chi connectivity index (χ4n) is 1.04. The summed E-state index contributed by atoms with van der Waals surface area (Å²) in [5.41, 5.74) is 0.462. The van der Waals surface area contributed by atoms with Crippen LogP contribution in [0.3, 0.4) is 0 Å². The van der Waals surface area contributed by atoms with Gasteiger partial charge in [-0.3, -0.25) is 0 Å². The predicted octanol–water partition coefficient (Wildman–Crippen LogP) is 3.05. The van der Waals surface area contributed by atoms with Gasteiger partial charge in [-0.15, -0.1) is 11.3 Å². The SMILES string of the molecule is CCCCNCc1csc(C(F)(F)F)n1. The Balaban J connectivity index is 2.40. The van der Waals surface area contributed by atoms with Crippen molar-refractivity contribution in [3.05, 3.63) is 16.1 Å². The lowest BCUT2D eigenvalue weighted by Crippen LogP contribution is -2.15. The van der Waals surface area contributed by atoms with Crippen molar-refractivity contribution in [2.45, 2.75) is 32.5 Å². The second-order valence-corrected chi connectivity index (χ2v) is 4.03. The van der Waals surface area contributed by atoms with Crippen LogP contribution in [0.15, 0.2) is 5.38 Å². The van der Waals surface area contributed by atoms with Crippen LogP contribution >= 0.6 is 11.3 Å². The van der Waals surface area contributed by atoms with Gasteiger partial charge in [0.1, 0.15) is 0 Å². The Morgan fingerprint density at radius 1 is 1.47 bits per heavy atom. The summed E-state index contributed by atoms with van der Waals surface area (Å²) in [6, 6.07) is 0. The molecule has 0 saturated heterocycles. The molecule has 15 heavy (non-hydrogen) atoms. The minimum Gasteiger partial charge on any atom is -0.311 e. The lowest BCUT2D eigenvalue weighted by Gasteiger charge is -2.01. The normalized spacial score (nSPS) is 12.0. The van der Waals surface area contributed by atoms with Crippen LogP contribution in [0.5, 0.6) is 0 Å². The van der Waals surface area contributed by atoms with Gasteiger partial charge >= 0.3 is 6.18 Å². The molecule has 86 valence electrons. The van der Waals surface area contributed by atoms with Gasteiger partial charge in [0.25, 0.3) is 0 Å². The zero-order valence-corrected chi connectivity index (χ0v) is 9.21. The van der Waals surface area contributed by atoms with Crippen molar-refractivity contribution in [1.82, 2.24) is 10.3 Å². The molecule has 0 aromatic carbocycles. The van der Waals surface area contributed by atoms with Gasteiger partial charge in [-0.25, -0.2) is 4.98 Å². The molecule has 1 aromatic heterocycles. The van der Waals surface area contributed by atoms with Gasteiger partial charge in [0.15, 0.2) is 5.01 Å². The molecule has 0 aliphatic carbocycles. The average molecular weight is 238 g/mol. The summed E-state index contributed by atoms with van der Waals surface area (Å²) in [5, 5.41) is 3.72. The van der Waals surface area contributed by atoms with Crippen LogP contribution < -0.4 is 5.32 Å². The van der Waals surface area contributed by atoms with Crippen molar-refractivity contribution in [2.75, 3.05) is 6.54 Å². The number of nitrogens with one attached hydrogen (secondary N) is 1. The molecule has 0 bridgehead atoms. The second-order valence-electron chi connectivity index (χ2n) is 3.17. The van der Waals surface area contributed by atoms with E-state index in [4.69, 9.17) is 0 Å². The highest BCUT2D eigenvalue weighted by atomic mass is 32.1. The fourth-order valence-corrected chi connectivity index (χ4v) is 1.72. The van der Waals surface area contributed by atoms with Gasteiger partial charge in [-0.05, 0) is 13.0 Å². The minimum absolute atomic E-state index is 0.409. The Morgan fingerprint density at radius 2 is 2.20 bits per heavy atom. The number of hydrogen-bond acceptors (Lipinski definition) is 3. The Morgan fingerprint density at radius 3 is 2.73 bits per heavy atom. The van der Waals surface area contributed by atoms with E-state index in [1.807, 2.05) is 0 Å². The zero-order chi connectivity index (χ0) is 11.3. The van der Waals surface area contributed by atoms with Crippen molar-refractivity contribution >= 4 is 11.3 Å². The van der Waals surface area contributed by atoms with Gasteiger partial charge in [0, 0.05) is 11.9 Å². The summed E-state index contributed by atoms with van der Waals surface area (Å²) in [6.07, 6.45) is -2.22. The summed E-state index contributed by atoms with van der Waals surface area (Å²) in [7, 11) is 0. The molecular formula is C9H13F3N2S. The van der Waals surface area contributed by atoms with Gasteiger partial charge < -0.3 is 5.32 Å². The minimum atomic E-state index is -4.31. The standard InChI is InChI=1S/C9H13F3N2S/c1-2-3-4-13-5-7-6-15-8(14-7)9(10,11)12/h6,13H,2-5H2,1H3. The molecule has 1 N–H and O–H groups in total. The van der Waals surface area contributed by atoms with Crippen LogP contribution in [0, 0.1) is 0 Å². The fraction of sp³-hybridized carbons (Fsp3) is 0.667. The maximum atomic E-state index is 12.2. The van der Waals surface area contributed by atoms with E-state index in [1.54, 1.807) is 0 Å². The predicted molar refractivity (Wildman–Crippen MR) is 53.7 cm³/mol. The summed E-state index contributed by atoms with van der Waals surface area (Å²) in [4.78, 5) is 3.51. The Kier molecular flexibility index (Phi) is 4.53. The molecule has 2 nitrogen and oxygen atoms in total. The van der Waals surface area contributed by atoms with Crippen molar-refractivity contribution in [2.24, 2.45) is 0 Å². The van der Waals surface area contributed by atoms with E-state index in [2.05, 4.69) is 17.2 Å². The molecule has 0 radical (unpaired) electrons. The highest BCUT2D eigenvalue weighted by Gasteiger charge is 2.34. The van der Waals surface area contributed by atoms with Gasteiger partial charge in [0.05, 0.1) is 5.69 Å². The topological polar surface area (TPSA) is 24.9 Å². The van der Waals surface area contributed by atoms with Gasteiger partial charge in [0.2, 0.25) is 0 Å². The average Bonchev–Trinajstić information content (AvgIpc) is 2.60. The highest BCUT2D eigenvalue weighted by molar-refractivity contribution is 7.09. The first kappa shape index (κ1) is 12.4. The smallest absolute Gasteiger partial charge is 0.311 e. The quantitative estimate of drug-likeness (QED) is 0.797. The molecule has 6 heteroatoms. The van der Waals surface area contributed by atoms with Crippen LogP contribution in [0.4, 0.5) is 13.2 Å². The molecule has 0 amide bonds. The van der Waals surface area contributed by atoms with E-state index in [0.29, 0.717) is 23.6 Å². The van der Waals surface area contributed by atoms with E-state index in [-0.39, 0.29) is 0 Å². The number of halogens is 3. The number of aromatic nitrogens is 1. The summed E-state index contributed by atoms with van der Waals surface area (Å²) < 4.78 is 36.5. The molecule has 0 spiro atoms. The molecule has 1 aromatic rings. The molecule has 0 saturated carbocycles. The third kappa shape index (κ3) is 4.17. The number of rotatable bonds is 5. The number of alkyl halides is 3. The largest absolute Gasteiger partial charge is 0.443 e. The van der Waals surface area contributed by atoms with E-state index < -0.39 is 11.2 Å². The van der Waals surface area contributed by atoms with Crippen molar-refractivity contribution in [1.29, 1.82) is 0 Å². The third-order valence-electron chi connectivity index (χ3n) is 1.81. The molecule has 0 aliphatic heterocycles. The van der Waals surface area contributed by atoms with E-state index in [1.165, 1.54) is 5.38 Å². The molecule has 1 heterocycles. The van der Waals surface area contributed by atoms with Crippen molar-refractivity contribution in [3.8, 4) is 0 Å². The first-order valence-corrected chi connectivity index (χ1v) is 5.64. The maximum Gasteiger partial charge on any atom is 0.443 e. The van der Waals surface area contributed by atoms with Crippen LogP contribution in [-0.2, 0) is 12.7 Å².